The van der Waals surface area contributed by atoms with Crippen LogP contribution in [0.15, 0.2) is 49.1 Å². The Labute approximate surface area is 342 Å². The summed E-state index contributed by atoms with van der Waals surface area (Å²) >= 11 is 0. The van der Waals surface area contributed by atoms with Crippen LogP contribution in [0.25, 0.3) is 32.3 Å². The molecule has 0 fully saturated rings. The van der Waals surface area contributed by atoms with E-state index < -0.39 is 5.97 Å². The zero-order chi connectivity index (χ0) is 40.7. The molecule has 0 saturated heterocycles. The van der Waals surface area contributed by atoms with Gasteiger partial charge in [-0.25, -0.2) is 4.79 Å². The van der Waals surface area contributed by atoms with Gasteiger partial charge in [0.05, 0.1) is 46.2 Å². The van der Waals surface area contributed by atoms with Gasteiger partial charge in [-0.05, 0) is 101 Å². The predicted molar refractivity (Wildman–Crippen MR) is 235 cm³/mol. The molecule has 4 aromatic rings. The lowest BCUT2D eigenvalue weighted by Gasteiger charge is -2.21. The highest BCUT2D eigenvalue weighted by molar-refractivity contribution is 6.26. The largest absolute Gasteiger partial charge is 0.490 e. The molecule has 4 aromatic carbocycles. The van der Waals surface area contributed by atoms with Crippen molar-refractivity contribution in [2.24, 2.45) is 0 Å². The summed E-state index contributed by atoms with van der Waals surface area (Å²) in [6.07, 6.45) is 17.6. The third-order valence-electron chi connectivity index (χ3n) is 10.1. The van der Waals surface area contributed by atoms with Gasteiger partial charge in [-0.1, -0.05) is 105 Å². The molecule has 0 N–H and O–H groups in total. The molecular formula is C49H70O8. The minimum Gasteiger partial charge on any atom is -0.490 e. The standard InChI is InChI=1S/C49H70O8/c1-7-13-18-24-51-43-31-37-38-32-44(52-25-19-14-8-2)46(54-27-21-16-10-4)34-40(38)42-36-48(56-29-23-30-57-49(50)12-6)47(55-28-22-17-11-5)35-41(42)39(37)33-45(43)53-26-20-15-9-3/h12,31-36H,6-11,13-30H2,1-5H3. The number of hydrogen-bond donors (Lipinski definition) is 0. The zero-order valence-electron chi connectivity index (χ0n) is 35.8. The zero-order valence-corrected chi connectivity index (χ0v) is 35.8. The molecule has 0 heterocycles. The molecule has 0 saturated carbocycles. The van der Waals surface area contributed by atoms with Crippen LogP contribution < -0.4 is 28.4 Å². The molecule has 8 heteroatoms. The number of fused-ring (bicyclic) bond motifs is 6. The van der Waals surface area contributed by atoms with Gasteiger partial charge in [0.15, 0.2) is 34.5 Å². The third kappa shape index (κ3) is 13.9. The fraction of sp³-hybridized carbons (Fsp3) is 0.571. The summed E-state index contributed by atoms with van der Waals surface area (Å²) in [4.78, 5) is 11.7. The first-order valence-electron chi connectivity index (χ1n) is 22.1. The minimum atomic E-state index is -0.441. The van der Waals surface area contributed by atoms with E-state index in [0.717, 1.165) is 152 Å². The Morgan fingerprint density at radius 3 is 0.825 bits per heavy atom. The monoisotopic (exact) mass is 787 g/mol. The second kappa shape index (κ2) is 25.8. The molecule has 0 atom stereocenters. The molecule has 314 valence electrons. The molecule has 0 aliphatic carbocycles. The second-order valence-corrected chi connectivity index (χ2v) is 14.9. The SMILES string of the molecule is C=CC(=O)OCCCOc1cc2c3cc(OCCCCC)c(OCCCCC)cc3c3cc(OCCCCC)c(OCCCCC)cc3c2cc1OCCCCC. The molecule has 0 spiro atoms. The highest BCUT2D eigenvalue weighted by Gasteiger charge is 2.20. The Hall–Kier alpha value is -4.33. The van der Waals surface area contributed by atoms with Gasteiger partial charge in [-0.2, -0.15) is 0 Å². The van der Waals surface area contributed by atoms with Crippen LogP contribution in [0, 0.1) is 0 Å². The van der Waals surface area contributed by atoms with Crippen molar-refractivity contribution in [3.63, 3.8) is 0 Å². The fourth-order valence-electron chi connectivity index (χ4n) is 6.84. The van der Waals surface area contributed by atoms with Crippen molar-refractivity contribution < 1.29 is 38.0 Å². The van der Waals surface area contributed by atoms with Crippen molar-refractivity contribution in [3.05, 3.63) is 49.1 Å². The molecule has 4 rings (SSSR count). The lowest BCUT2D eigenvalue weighted by molar-refractivity contribution is -0.137. The van der Waals surface area contributed by atoms with E-state index in [1.54, 1.807) is 0 Å². The number of hydrogen-bond acceptors (Lipinski definition) is 8. The van der Waals surface area contributed by atoms with E-state index in [-0.39, 0.29) is 6.61 Å². The Morgan fingerprint density at radius 2 is 0.614 bits per heavy atom. The average Bonchev–Trinajstić information content (AvgIpc) is 3.23. The normalized spacial score (nSPS) is 11.2. The summed E-state index contributed by atoms with van der Waals surface area (Å²) in [5, 5.41) is 6.20. The van der Waals surface area contributed by atoms with Crippen molar-refractivity contribution >= 4 is 38.3 Å². The quantitative estimate of drug-likeness (QED) is 0.0216. The van der Waals surface area contributed by atoms with E-state index in [0.29, 0.717) is 57.6 Å². The van der Waals surface area contributed by atoms with Crippen molar-refractivity contribution in [2.75, 3.05) is 46.2 Å². The Morgan fingerprint density at radius 1 is 0.386 bits per heavy atom. The van der Waals surface area contributed by atoms with Crippen LogP contribution in [-0.4, -0.2) is 52.2 Å². The van der Waals surface area contributed by atoms with E-state index in [9.17, 15) is 4.79 Å². The fourth-order valence-corrected chi connectivity index (χ4v) is 6.84. The van der Waals surface area contributed by atoms with Gasteiger partial charge in [0.25, 0.3) is 0 Å². The Balaban J connectivity index is 1.97. The van der Waals surface area contributed by atoms with Crippen LogP contribution in [0.1, 0.15) is 137 Å². The summed E-state index contributed by atoms with van der Waals surface area (Å²) in [6.45, 7) is 18.2. The summed E-state index contributed by atoms with van der Waals surface area (Å²) in [5.41, 5.74) is 0. The first-order valence-corrected chi connectivity index (χ1v) is 22.1. The number of carbonyl (C=O) groups is 1. The van der Waals surface area contributed by atoms with Crippen LogP contribution >= 0.6 is 0 Å². The predicted octanol–water partition coefficient (Wildman–Crippen LogP) is 13.5. The van der Waals surface area contributed by atoms with Crippen LogP contribution in [0.3, 0.4) is 0 Å². The minimum absolute atomic E-state index is 0.238. The van der Waals surface area contributed by atoms with Gasteiger partial charge < -0.3 is 33.2 Å². The second-order valence-electron chi connectivity index (χ2n) is 14.9. The van der Waals surface area contributed by atoms with Crippen LogP contribution in [0.4, 0.5) is 0 Å². The van der Waals surface area contributed by atoms with Gasteiger partial charge in [0.1, 0.15) is 0 Å². The summed E-state index contributed by atoms with van der Waals surface area (Å²) < 4.78 is 44.3. The molecule has 8 nitrogen and oxygen atoms in total. The van der Waals surface area contributed by atoms with Crippen LogP contribution in [0.2, 0.25) is 0 Å². The number of unbranched alkanes of at least 4 members (excludes halogenated alkanes) is 10. The molecule has 0 aliphatic rings. The molecule has 0 radical (unpaired) electrons. The smallest absolute Gasteiger partial charge is 0.330 e. The number of carbonyl (C=O) groups excluding carboxylic acids is 1. The number of rotatable bonds is 31. The molecule has 0 aliphatic heterocycles. The lowest BCUT2D eigenvalue weighted by atomic mass is 9.93. The van der Waals surface area contributed by atoms with Crippen LogP contribution in [0.5, 0.6) is 34.5 Å². The summed E-state index contributed by atoms with van der Waals surface area (Å²) in [7, 11) is 0. The average molecular weight is 787 g/mol. The van der Waals surface area contributed by atoms with E-state index in [1.165, 1.54) is 6.08 Å². The van der Waals surface area contributed by atoms with Crippen molar-refractivity contribution in [1.29, 1.82) is 0 Å². The molecular weight excluding hydrogens is 717 g/mol. The maximum absolute atomic E-state index is 11.7. The molecule has 0 amide bonds. The van der Waals surface area contributed by atoms with E-state index in [4.69, 9.17) is 33.2 Å². The maximum Gasteiger partial charge on any atom is 0.330 e. The van der Waals surface area contributed by atoms with Crippen LogP contribution in [-0.2, 0) is 9.53 Å². The number of ether oxygens (including phenoxy) is 7. The van der Waals surface area contributed by atoms with Gasteiger partial charge >= 0.3 is 5.97 Å². The van der Waals surface area contributed by atoms with E-state index >= 15 is 0 Å². The Bertz CT molecular complexity index is 1770. The summed E-state index contributed by atoms with van der Waals surface area (Å²) in [5.74, 6) is 3.89. The maximum atomic E-state index is 11.7. The van der Waals surface area contributed by atoms with E-state index in [1.807, 2.05) is 0 Å². The number of benzene rings is 4. The lowest BCUT2D eigenvalue weighted by Crippen LogP contribution is -2.08. The van der Waals surface area contributed by atoms with Gasteiger partial charge in [0.2, 0.25) is 0 Å². The van der Waals surface area contributed by atoms with E-state index in [2.05, 4.69) is 77.6 Å². The molecule has 57 heavy (non-hydrogen) atoms. The molecule has 0 aromatic heterocycles. The van der Waals surface area contributed by atoms with Gasteiger partial charge in [0, 0.05) is 12.5 Å². The summed E-state index contributed by atoms with van der Waals surface area (Å²) in [6, 6.07) is 12.8. The number of esters is 1. The van der Waals surface area contributed by atoms with Crippen molar-refractivity contribution in [2.45, 2.75) is 137 Å². The van der Waals surface area contributed by atoms with Crippen molar-refractivity contribution in [1.82, 2.24) is 0 Å². The van der Waals surface area contributed by atoms with Gasteiger partial charge in [-0.3, -0.25) is 0 Å². The molecule has 0 unspecified atom stereocenters. The molecule has 0 bridgehead atoms. The first-order chi connectivity index (χ1) is 28.0. The Kier molecular flexibility index (Phi) is 20.6. The van der Waals surface area contributed by atoms with Crippen molar-refractivity contribution in [3.8, 4) is 34.5 Å². The third-order valence-corrected chi connectivity index (χ3v) is 10.1. The first kappa shape index (κ1) is 45.4. The highest BCUT2D eigenvalue weighted by atomic mass is 16.5. The van der Waals surface area contributed by atoms with Gasteiger partial charge in [-0.15, -0.1) is 0 Å². The topological polar surface area (TPSA) is 81.7 Å². The highest BCUT2D eigenvalue weighted by Crippen LogP contribution is 2.47.